The van der Waals surface area contributed by atoms with Crippen LogP contribution in [0.5, 0.6) is 0 Å². The minimum absolute atomic E-state index is 0.333. The lowest BCUT2D eigenvalue weighted by atomic mass is 10.3. The molecule has 0 fully saturated rings. The average molecular weight is 210 g/mol. The first kappa shape index (κ1) is 12.9. The molecule has 0 aromatic carbocycles. The maximum Gasteiger partial charge on any atom is 0.295 e. The highest BCUT2D eigenvalue weighted by Crippen LogP contribution is 2.04. The van der Waals surface area contributed by atoms with Gasteiger partial charge in [-0.1, -0.05) is 19.8 Å². The molecule has 0 amide bonds. The van der Waals surface area contributed by atoms with Crippen LogP contribution in [-0.2, 0) is 19.3 Å². The molecule has 0 saturated heterocycles. The predicted octanol–water partition coefficient (Wildman–Crippen LogP) is 1.86. The smallest absolute Gasteiger partial charge is 0.220 e. The first-order chi connectivity index (χ1) is 6.00. The topological polar surface area (TPSA) is 52.6 Å². The van der Waals surface area contributed by atoms with Crippen LogP contribution in [0.25, 0.3) is 0 Å². The summed E-state index contributed by atoms with van der Waals surface area (Å²) in [4.78, 5) is 4.57. The van der Waals surface area contributed by atoms with Gasteiger partial charge in [0.1, 0.15) is 0 Å². The van der Waals surface area contributed by atoms with E-state index in [1.54, 1.807) is 13.8 Å². The van der Waals surface area contributed by atoms with Crippen molar-refractivity contribution in [3.8, 4) is 0 Å². The van der Waals surface area contributed by atoms with Crippen LogP contribution in [0.4, 0.5) is 0 Å². The molecule has 0 rings (SSSR count). The van der Waals surface area contributed by atoms with Gasteiger partial charge in [0.05, 0.1) is 11.9 Å². The zero-order chi connectivity index (χ0) is 10.3. The maximum atomic E-state index is 11.0. The number of rotatable bonds is 7. The zero-order valence-corrected chi connectivity index (χ0v) is 9.26. The normalized spacial score (nSPS) is 12.3. The van der Waals surface area contributed by atoms with Gasteiger partial charge in [-0.3, -0.25) is 0 Å². The zero-order valence-electron chi connectivity index (χ0n) is 8.45. The van der Waals surface area contributed by atoms with Gasteiger partial charge in [-0.25, -0.2) is 4.89 Å². The molecule has 13 heavy (non-hydrogen) atoms. The highest BCUT2D eigenvalue weighted by Gasteiger charge is 2.17. The fourth-order valence-electron chi connectivity index (χ4n) is 0.591. The summed E-state index contributed by atoms with van der Waals surface area (Å²) in [5, 5.41) is -0.557. The van der Waals surface area contributed by atoms with E-state index < -0.39 is 15.4 Å². The molecule has 0 aliphatic rings. The first-order valence-corrected chi connectivity index (χ1v) is 6.02. The Morgan fingerprint density at radius 3 is 2.31 bits per heavy atom. The van der Waals surface area contributed by atoms with E-state index in [0.717, 1.165) is 19.3 Å². The van der Waals surface area contributed by atoms with Crippen LogP contribution < -0.4 is 0 Å². The van der Waals surface area contributed by atoms with Crippen molar-refractivity contribution in [1.82, 2.24) is 0 Å². The van der Waals surface area contributed by atoms with E-state index in [0.29, 0.717) is 6.61 Å². The van der Waals surface area contributed by atoms with Crippen molar-refractivity contribution in [3.63, 3.8) is 0 Å². The third kappa shape index (κ3) is 6.01. The van der Waals surface area contributed by atoms with Crippen LogP contribution in [0, 0.1) is 0 Å². The largest absolute Gasteiger partial charge is 0.295 e. The van der Waals surface area contributed by atoms with Gasteiger partial charge in [0, 0.05) is 0 Å². The number of unbranched alkanes of at least 4 members (excludes halogenated alkanes) is 2. The van der Waals surface area contributed by atoms with Crippen molar-refractivity contribution in [1.29, 1.82) is 0 Å². The molecular formula is C8H18O4S. The van der Waals surface area contributed by atoms with Gasteiger partial charge in [0.25, 0.3) is 10.1 Å². The Morgan fingerprint density at radius 1 is 1.23 bits per heavy atom. The van der Waals surface area contributed by atoms with Crippen LogP contribution in [-0.4, -0.2) is 20.3 Å². The van der Waals surface area contributed by atoms with Gasteiger partial charge < -0.3 is 0 Å². The quantitative estimate of drug-likeness (QED) is 0.365. The van der Waals surface area contributed by atoms with Crippen molar-refractivity contribution in [2.75, 3.05) is 6.61 Å². The van der Waals surface area contributed by atoms with Crippen molar-refractivity contribution < 1.29 is 17.6 Å². The van der Waals surface area contributed by atoms with E-state index in [9.17, 15) is 8.42 Å². The summed E-state index contributed by atoms with van der Waals surface area (Å²) >= 11 is 0. The number of hydrogen-bond acceptors (Lipinski definition) is 4. The van der Waals surface area contributed by atoms with Gasteiger partial charge in [-0.2, -0.15) is 8.42 Å². The van der Waals surface area contributed by atoms with Crippen LogP contribution in [0.15, 0.2) is 0 Å². The molecule has 5 heteroatoms. The molecule has 0 aliphatic carbocycles. The second-order valence-corrected chi connectivity index (χ2v) is 5.20. The van der Waals surface area contributed by atoms with Crippen molar-refractivity contribution in [2.45, 2.75) is 45.3 Å². The Kier molecular flexibility index (Phi) is 6.28. The maximum absolute atomic E-state index is 11.0. The second-order valence-electron chi connectivity index (χ2n) is 3.14. The van der Waals surface area contributed by atoms with E-state index in [2.05, 4.69) is 16.1 Å². The predicted molar refractivity (Wildman–Crippen MR) is 50.6 cm³/mol. The molecule has 0 saturated carbocycles. The molecule has 0 aliphatic heterocycles. The van der Waals surface area contributed by atoms with Crippen molar-refractivity contribution in [3.05, 3.63) is 0 Å². The molecule has 0 heterocycles. The van der Waals surface area contributed by atoms with E-state index in [1.807, 2.05) is 0 Å². The van der Waals surface area contributed by atoms with Crippen molar-refractivity contribution in [2.24, 2.45) is 0 Å². The SMILES string of the molecule is CCCCCOOS(=O)(=O)C(C)C. The van der Waals surface area contributed by atoms with Crippen LogP contribution in [0.3, 0.4) is 0 Å². The Balaban J connectivity index is 3.53. The monoisotopic (exact) mass is 210 g/mol. The average Bonchev–Trinajstić information content (AvgIpc) is 2.03. The van der Waals surface area contributed by atoms with Gasteiger partial charge in [0.15, 0.2) is 0 Å². The molecule has 0 unspecified atom stereocenters. The van der Waals surface area contributed by atoms with Crippen LogP contribution in [0.2, 0.25) is 0 Å². The lowest BCUT2D eigenvalue weighted by Crippen LogP contribution is -2.17. The molecular weight excluding hydrogens is 192 g/mol. The Hall–Kier alpha value is -0.130. The van der Waals surface area contributed by atoms with E-state index in [4.69, 9.17) is 0 Å². The summed E-state index contributed by atoms with van der Waals surface area (Å²) in [5.74, 6) is 0. The second kappa shape index (κ2) is 6.34. The highest BCUT2D eigenvalue weighted by atomic mass is 32.2. The highest BCUT2D eigenvalue weighted by molar-refractivity contribution is 7.87. The van der Waals surface area contributed by atoms with E-state index in [-0.39, 0.29) is 0 Å². The van der Waals surface area contributed by atoms with Gasteiger partial charge >= 0.3 is 0 Å². The summed E-state index contributed by atoms with van der Waals surface area (Å²) in [6, 6.07) is 0. The fourth-order valence-corrected chi connectivity index (χ4v) is 0.950. The summed E-state index contributed by atoms with van der Waals surface area (Å²) in [6.07, 6.45) is 2.91. The fraction of sp³-hybridized carbons (Fsp3) is 1.00. The van der Waals surface area contributed by atoms with Crippen LogP contribution in [0.1, 0.15) is 40.0 Å². The number of hydrogen-bond donors (Lipinski definition) is 0. The molecule has 0 aromatic rings. The van der Waals surface area contributed by atoms with Crippen molar-refractivity contribution >= 4 is 10.1 Å². The standard InChI is InChI=1S/C8H18O4S/c1-4-5-6-7-11-12-13(9,10)8(2)3/h8H,4-7H2,1-3H3. The lowest BCUT2D eigenvalue weighted by molar-refractivity contribution is -0.202. The van der Waals surface area contributed by atoms with E-state index in [1.165, 1.54) is 0 Å². The van der Waals surface area contributed by atoms with Gasteiger partial charge in [-0.05, 0) is 20.3 Å². The summed E-state index contributed by atoms with van der Waals surface area (Å²) in [5.41, 5.74) is 0. The minimum atomic E-state index is -3.51. The lowest BCUT2D eigenvalue weighted by Gasteiger charge is -2.06. The third-order valence-corrected chi connectivity index (χ3v) is 2.99. The molecule has 0 bridgehead atoms. The minimum Gasteiger partial charge on any atom is -0.220 e. The summed E-state index contributed by atoms with van der Waals surface area (Å²) in [7, 11) is -3.51. The molecule has 0 aromatic heterocycles. The van der Waals surface area contributed by atoms with Gasteiger partial charge in [-0.15, -0.1) is 4.33 Å². The first-order valence-electron chi connectivity index (χ1n) is 4.55. The summed E-state index contributed by atoms with van der Waals surface area (Å²) in [6.45, 7) is 5.49. The third-order valence-electron chi connectivity index (χ3n) is 1.55. The molecule has 0 N–H and O–H groups in total. The summed E-state index contributed by atoms with van der Waals surface area (Å²) < 4.78 is 26.3. The molecule has 0 radical (unpaired) electrons. The molecule has 0 atom stereocenters. The molecule has 80 valence electrons. The Labute approximate surface area is 80.3 Å². The Morgan fingerprint density at radius 2 is 1.85 bits per heavy atom. The van der Waals surface area contributed by atoms with Crippen LogP contribution >= 0.6 is 0 Å². The van der Waals surface area contributed by atoms with Gasteiger partial charge in [0.2, 0.25) is 0 Å². The molecule has 4 nitrogen and oxygen atoms in total. The van der Waals surface area contributed by atoms with E-state index >= 15 is 0 Å². The Bertz CT molecular complexity index is 208. The molecule has 0 spiro atoms.